The van der Waals surface area contributed by atoms with Gasteiger partial charge in [0.05, 0.1) is 11.1 Å². The molecule has 0 amide bonds. The summed E-state index contributed by atoms with van der Waals surface area (Å²) in [4.78, 5) is 14.5. The summed E-state index contributed by atoms with van der Waals surface area (Å²) in [6.07, 6.45) is 0. The molecule has 3 heteroatoms. The number of nitrogens with one attached hydrogen (secondary N) is 1. The first-order valence-corrected chi connectivity index (χ1v) is 5.04. The lowest BCUT2D eigenvalue weighted by molar-refractivity contribution is -0.386. The fourth-order valence-electron chi connectivity index (χ4n) is 1.92. The topological polar surface area (TPSA) is 60.5 Å². The molecule has 2 rings (SSSR count). The molecule has 0 atom stereocenters. The van der Waals surface area contributed by atoms with Crippen molar-refractivity contribution in [2.75, 3.05) is 0 Å². The van der Waals surface area contributed by atoms with Gasteiger partial charge in [0.2, 0.25) is 0 Å². The molecule has 0 saturated carbocycles. The van der Waals surface area contributed by atoms with Gasteiger partial charge in [0.25, 0.3) is 5.56 Å². The van der Waals surface area contributed by atoms with Gasteiger partial charge in [-0.1, -0.05) is 11.6 Å². The maximum atomic E-state index is 11.6. The van der Waals surface area contributed by atoms with Crippen LogP contribution in [0.5, 0.6) is 0 Å². The number of quaternary nitrogens is 1. The molecule has 4 N–H and O–H groups in total. The van der Waals surface area contributed by atoms with Crippen LogP contribution in [-0.2, 0) is 6.54 Å². The van der Waals surface area contributed by atoms with Crippen molar-refractivity contribution in [3.8, 4) is 0 Å². The molecule has 15 heavy (non-hydrogen) atoms. The van der Waals surface area contributed by atoms with Gasteiger partial charge in [-0.15, -0.1) is 0 Å². The predicted octanol–water partition coefficient (Wildman–Crippen LogP) is 0.887. The molecule has 0 saturated heterocycles. The number of rotatable bonds is 1. The van der Waals surface area contributed by atoms with Crippen LogP contribution in [0.25, 0.3) is 10.9 Å². The van der Waals surface area contributed by atoms with Gasteiger partial charge >= 0.3 is 0 Å². The van der Waals surface area contributed by atoms with Crippen molar-refractivity contribution < 1.29 is 5.73 Å². The lowest BCUT2D eigenvalue weighted by atomic mass is 10.1. The quantitative estimate of drug-likeness (QED) is 0.710. The lowest BCUT2D eigenvalue weighted by Gasteiger charge is -2.05. The molecule has 2 aromatic rings. The molecular formula is C12H15N2O+. The number of aromatic nitrogens is 1. The Morgan fingerprint density at radius 2 is 2.00 bits per heavy atom. The van der Waals surface area contributed by atoms with Crippen molar-refractivity contribution in [3.05, 3.63) is 45.2 Å². The van der Waals surface area contributed by atoms with Crippen LogP contribution in [0.2, 0.25) is 0 Å². The molecule has 0 aliphatic carbocycles. The van der Waals surface area contributed by atoms with E-state index in [0.717, 1.165) is 22.0 Å². The minimum atomic E-state index is -0.0237. The van der Waals surface area contributed by atoms with E-state index in [1.54, 1.807) is 0 Å². The zero-order valence-corrected chi connectivity index (χ0v) is 9.05. The Morgan fingerprint density at radius 1 is 1.27 bits per heavy atom. The Kier molecular flexibility index (Phi) is 2.32. The smallest absolute Gasteiger partial charge is 0.257 e. The average molecular weight is 203 g/mol. The van der Waals surface area contributed by atoms with E-state index < -0.39 is 0 Å². The summed E-state index contributed by atoms with van der Waals surface area (Å²) in [7, 11) is 0. The highest BCUT2D eigenvalue weighted by molar-refractivity contribution is 5.82. The summed E-state index contributed by atoms with van der Waals surface area (Å²) in [5.74, 6) is 0. The standard InChI is InChI=1S/C12H14N2O/c1-7-3-8(2)11-9(4-7)5-10(6-13)12(15)14-11/h3-5H,6,13H2,1-2H3,(H,14,15)/p+1. The highest BCUT2D eigenvalue weighted by Crippen LogP contribution is 2.17. The average Bonchev–Trinajstić information content (AvgIpc) is 2.18. The van der Waals surface area contributed by atoms with Crippen LogP contribution >= 0.6 is 0 Å². The third-order valence-corrected chi connectivity index (χ3v) is 2.64. The first-order chi connectivity index (χ1) is 7.11. The van der Waals surface area contributed by atoms with E-state index in [-0.39, 0.29) is 5.56 Å². The highest BCUT2D eigenvalue weighted by Gasteiger charge is 2.04. The van der Waals surface area contributed by atoms with Crippen LogP contribution in [0, 0.1) is 13.8 Å². The number of H-pyrrole nitrogens is 1. The van der Waals surface area contributed by atoms with Crippen LogP contribution in [0.4, 0.5) is 0 Å². The summed E-state index contributed by atoms with van der Waals surface area (Å²) in [5.41, 5.74) is 7.72. The second kappa shape index (κ2) is 3.51. The van der Waals surface area contributed by atoms with E-state index in [0.29, 0.717) is 6.54 Å². The molecule has 1 heterocycles. The van der Waals surface area contributed by atoms with Crippen molar-refractivity contribution in [2.45, 2.75) is 20.4 Å². The summed E-state index contributed by atoms with van der Waals surface area (Å²) in [6.45, 7) is 4.59. The number of aromatic amines is 1. The fourth-order valence-corrected chi connectivity index (χ4v) is 1.92. The largest absolute Gasteiger partial charge is 0.354 e. The molecule has 3 nitrogen and oxygen atoms in total. The van der Waals surface area contributed by atoms with Crippen molar-refractivity contribution in [3.63, 3.8) is 0 Å². The Labute approximate surface area is 87.9 Å². The zero-order chi connectivity index (χ0) is 11.0. The molecule has 0 spiro atoms. The first-order valence-electron chi connectivity index (χ1n) is 5.04. The maximum Gasteiger partial charge on any atom is 0.257 e. The van der Waals surface area contributed by atoms with Gasteiger partial charge in [0.1, 0.15) is 6.54 Å². The number of pyridine rings is 1. The van der Waals surface area contributed by atoms with Crippen LogP contribution < -0.4 is 11.3 Å². The van der Waals surface area contributed by atoms with E-state index >= 15 is 0 Å². The molecule has 0 fully saturated rings. The second-order valence-corrected chi connectivity index (χ2v) is 3.92. The molecule has 0 radical (unpaired) electrons. The highest BCUT2D eigenvalue weighted by atomic mass is 16.1. The first kappa shape index (κ1) is 9.93. The molecule has 0 bridgehead atoms. The summed E-state index contributed by atoms with van der Waals surface area (Å²) < 4.78 is 0. The third-order valence-electron chi connectivity index (χ3n) is 2.64. The van der Waals surface area contributed by atoms with E-state index in [1.807, 2.05) is 13.0 Å². The number of fused-ring (bicyclic) bond motifs is 1. The minimum absolute atomic E-state index is 0.0237. The van der Waals surface area contributed by atoms with Crippen molar-refractivity contribution in [1.82, 2.24) is 4.98 Å². The van der Waals surface area contributed by atoms with Gasteiger partial charge in [-0.05, 0) is 36.9 Å². The number of hydrogen-bond donors (Lipinski definition) is 2. The number of hydrogen-bond acceptors (Lipinski definition) is 1. The molecule has 78 valence electrons. The zero-order valence-electron chi connectivity index (χ0n) is 9.05. The van der Waals surface area contributed by atoms with Crippen LogP contribution in [0.15, 0.2) is 23.0 Å². The van der Waals surface area contributed by atoms with Crippen LogP contribution in [-0.4, -0.2) is 4.98 Å². The Bertz CT molecular complexity index is 570. The Balaban J connectivity index is 2.87. The van der Waals surface area contributed by atoms with Crippen molar-refractivity contribution in [2.24, 2.45) is 0 Å². The van der Waals surface area contributed by atoms with Gasteiger partial charge in [-0.3, -0.25) is 4.79 Å². The van der Waals surface area contributed by atoms with E-state index in [1.165, 1.54) is 5.56 Å². The molecule has 0 unspecified atom stereocenters. The van der Waals surface area contributed by atoms with E-state index in [9.17, 15) is 4.79 Å². The monoisotopic (exact) mass is 203 g/mol. The van der Waals surface area contributed by atoms with Gasteiger partial charge in [0, 0.05) is 0 Å². The summed E-state index contributed by atoms with van der Waals surface area (Å²) in [6, 6.07) is 6.08. The molecule has 1 aromatic heterocycles. The van der Waals surface area contributed by atoms with Crippen LogP contribution in [0.3, 0.4) is 0 Å². The molecule has 0 aliphatic rings. The Hall–Kier alpha value is -1.61. The predicted molar refractivity (Wildman–Crippen MR) is 60.6 cm³/mol. The molecule has 0 aliphatic heterocycles. The maximum absolute atomic E-state index is 11.6. The van der Waals surface area contributed by atoms with Gasteiger partial charge in [0.15, 0.2) is 0 Å². The summed E-state index contributed by atoms with van der Waals surface area (Å²) >= 11 is 0. The van der Waals surface area contributed by atoms with Crippen LogP contribution in [0.1, 0.15) is 16.7 Å². The third kappa shape index (κ3) is 1.66. The van der Waals surface area contributed by atoms with E-state index in [2.05, 4.69) is 29.8 Å². The minimum Gasteiger partial charge on any atom is -0.354 e. The second-order valence-electron chi connectivity index (χ2n) is 3.92. The normalized spacial score (nSPS) is 10.9. The van der Waals surface area contributed by atoms with Crippen molar-refractivity contribution >= 4 is 10.9 Å². The number of aryl methyl sites for hydroxylation is 2. The lowest BCUT2D eigenvalue weighted by Crippen LogP contribution is -2.49. The van der Waals surface area contributed by atoms with Gasteiger partial charge in [-0.25, -0.2) is 0 Å². The van der Waals surface area contributed by atoms with Gasteiger partial charge in [-0.2, -0.15) is 0 Å². The van der Waals surface area contributed by atoms with E-state index in [4.69, 9.17) is 0 Å². The molecular weight excluding hydrogens is 188 g/mol. The SMILES string of the molecule is Cc1cc(C)c2[nH]c(=O)c(C[NH3+])cc2c1. The van der Waals surface area contributed by atoms with Crippen molar-refractivity contribution in [1.29, 1.82) is 0 Å². The number of benzene rings is 1. The fraction of sp³-hybridized carbons (Fsp3) is 0.250. The Morgan fingerprint density at radius 3 is 2.67 bits per heavy atom. The summed E-state index contributed by atoms with van der Waals surface area (Å²) in [5, 5.41) is 1.09. The molecule has 1 aromatic carbocycles. The van der Waals surface area contributed by atoms with Gasteiger partial charge < -0.3 is 10.7 Å².